The number of carbonyl (C=O) groups is 1. The van der Waals surface area contributed by atoms with Gasteiger partial charge in [-0.05, 0) is 30.3 Å². The highest BCUT2D eigenvalue weighted by Gasteiger charge is 2.33. The first-order valence-electron chi connectivity index (χ1n) is 8.91. The van der Waals surface area contributed by atoms with Gasteiger partial charge in [-0.15, -0.1) is 0 Å². The molecule has 5 nitrogen and oxygen atoms in total. The molecule has 4 rings (SSSR count). The SMILES string of the molecule is Nc1cc(N2CCN(C(=O)c3cc4ccccc4[nH]3)CC2)ccc1C(F)(F)F. The number of halogens is 3. The minimum absolute atomic E-state index is 0.0808. The summed E-state index contributed by atoms with van der Waals surface area (Å²) in [7, 11) is 0. The number of nitrogen functional groups attached to an aromatic ring is 1. The molecular formula is C20H19F3N4O. The summed E-state index contributed by atoms with van der Waals surface area (Å²) in [5.41, 5.74) is 6.54. The second-order valence-electron chi connectivity index (χ2n) is 6.82. The zero-order valence-corrected chi connectivity index (χ0v) is 15.0. The molecule has 0 radical (unpaired) electrons. The number of fused-ring (bicyclic) bond motifs is 1. The Morgan fingerprint density at radius 1 is 1.00 bits per heavy atom. The van der Waals surface area contributed by atoms with Crippen molar-refractivity contribution in [3.05, 3.63) is 59.8 Å². The van der Waals surface area contributed by atoms with E-state index in [0.717, 1.165) is 17.0 Å². The smallest absolute Gasteiger partial charge is 0.398 e. The van der Waals surface area contributed by atoms with Crippen molar-refractivity contribution in [3.8, 4) is 0 Å². The second-order valence-corrected chi connectivity index (χ2v) is 6.82. The molecule has 8 heteroatoms. The van der Waals surface area contributed by atoms with E-state index in [1.807, 2.05) is 35.2 Å². The molecule has 3 aromatic rings. The quantitative estimate of drug-likeness (QED) is 0.658. The summed E-state index contributed by atoms with van der Waals surface area (Å²) in [5, 5.41) is 0.977. The number of benzene rings is 2. The molecule has 146 valence electrons. The van der Waals surface area contributed by atoms with Crippen LogP contribution in [0.3, 0.4) is 0 Å². The fourth-order valence-electron chi connectivity index (χ4n) is 3.53. The van der Waals surface area contributed by atoms with E-state index in [-0.39, 0.29) is 11.6 Å². The minimum atomic E-state index is -4.46. The minimum Gasteiger partial charge on any atom is -0.398 e. The van der Waals surface area contributed by atoms with Gasteiger partial charge in [0.2, 0.25) is 0 Å². The van der Waals surface area contributed by atoms with Gasteiger partial charge in [0.25, 0.3) is 5.91 Å². The Balaban J connectivity index is 1.44. The number of hydrogen-bond donors (Lipinski definition) is 2. The Morgan fingerprint density at radius 2 is 1.71 bits per heavy atom. The van der Waals surface area contributed by atoms with Crippen molar-refractivity contribution < 1.29 is 18.0 Å². The summed E-state index contributed by atoms with van der Waals surface area (Å²) in [4.78, 5) is 19.6. The molecule has 28 heavy (non-hydrogen) atoms. The Labute approximate surface area is 159 Å². The number of nitrogens with one attached hydrogen (secondary N) is 1. The fourth-order valence-corrected chi connectivity index (χ4v) is 3.53. The number of carbonyl (C=O) groups excluding carboxylic acids is 1. The van der Waals surface area contributed by atoms with Gasteiger partial charge in [0.1, 0.15) is 5.69 Å². The topological polar surface area (TPSA) is 65.4 Å². The first-order valence-corrected chi connectivity index (χ1v) is 8.91. The molecule has 0 unspecified atom stereocenters. The number of para-hydroxylation sites is 1. The number of alkyl halides is 3. The van der Waals surface area contributed by atoms with E-state index in [2.05, 4.69) is 4.98 Å². The van der Waals surface area contributed by atoms with Gasteiger partial charge in [-0.25, -0.2) is 0 Å². The largest absolute Gasteiger partial charge is 0.418 e. The summed E-state index contributed by atoms with van der Waals surface area (Å²) in [6, 6.07) is 13.3. The maximum absolute atomic E-state index is 12.9. The standard InChI is InChI=1S/C20H19F3N4O/c21-20(22,23)15-6-5-14(12-16(15)24)26-7-9-27(10-8-26)19(28)18-11-13-3-1-2-4-17(13)25-18/h1-6,11-12,25H,7-10,24H2. The van der Waals surface area contributed by atoms with E-state index in [9.17, 15) is 18.0 Å². The average Bonchev–Trinajstić information content (AvgIpc) is 3.10. The van der Waals surface area contributed by atoms with Crippen molar-refractivity contribution in [1.82, 2.24) is 9.88 Å². The fraction of sp³-hybridized carbons (Fsp3) is 0.250. The molecule has 1 aromatic heterocycles. The van der Waals surface area contributed by atoms with Crippen LogP contribution in [-0.4, -0.2) is 42.0 Å². The van der Waals surface area contributed by atoms with Gasteiger partial charge < -0.3 is 20.5 Å². The van der Waals surface area contributed by atoms with E-state index in [4.69, 9.17) is 5.73 Å². The van der Waals surface area contributed by atoms with Crippen LogP contribution in [0.5, 0.6) is 0 Å². The number of amides is 1. The molecule has 1 aliphatic heterocycles. The van der Waals surface area contributed by atoms with Gasteiger partial charge >= 0.3 is 6.18 Å². The van der Waals surface area contributed by atoms with E-state index in [0.29, 0.717) is 37.6 Å². The summed E-state index contributed by atoms with van der Waals surface area (Å²) < 4.78 is 38.6. The lowest BCUT2D eigenvalue weighted by molar-refractivity contribution is -0.136. The predicted molar refractivity (Wildman–Crippen MR) is 102 cm³/mol. The van der Waals surface area contributed by atoms with Crippen LogP contribution in [0.25, 0.3) is 10.9 Å². The zero-order chi connectivity index (χ0) is 19.9. The van der Waals surface area contributed by atoms with Crippen molar-refractivity contribution >= 4 is 28.2 Å². The lowest BCUT2D eigenvalue weighted by atomic mass is 10.1. The molecule has 0 bridgehead atoms. The molecule has 1 fully saturated rings. The third-order valence-electron chi connectivity index (χ3n) is 5.03. The number of anilines is 2. The molecule has 3 N–H and O–H groups in total. The van der Waals surface area contributed by atoms with Crippen LogP contribution in [0, 0.1) is 0 Å². The third-order valence-corrected chi connectivity index (χ3v) is 5.03. The van der Waals surface area contributed by atoms with E-state index < -0.39 is 11.7 Å². The van der Waals surface area contributed by atoms with Gasteiger partial charge in [0, 0.05) is 48.5 Å². The normalized spacial score (nSPS) is 15.2. The Kier molecular flexibility index (Phi) is 4.41. The highest BCUT2D eigenvalue weighted by molar-refractivity contribution is 5.98. The van der Waals surface area contributed by atoms with Gasteiger partial charge in [0.05, 0.1) is 5.56 Å². The van der Waals surface area contributed by atoms with Gasteiger partial charge in [-0.1, -0.05) is 18.2 Å². The number of rotatable bonds is 2. The average molecular weight is 388 g/mol. The van der Waals surface area contributed by atoms with Crippen LogP contribution in [-0.2, 0) is 6.18 Å². The van der Waals surface area contributed by atoms with Crippen LogP contribution in [0.1, 0.15) is 16.1 Å². The van der Waals surface area contributed by atoms with E-state index in [1.165, 1.54) is 12.1 Å². The van der Waals surface area contributed by atoms with Crippen LogP contribution in [0.4, 0.5) is 24.5 Å². The molecule has 0 saturated carbocycles. The summed E-state index contributed by atoms with van der Waals surface area (Å²) in [5.74, 6) is -0.0808. The second kappa shape index (κ2) is 6.78. The number of nitrogens with zero attached hydrogens (tertiary/aromatic N) is 2. The first kappa shape index (κ1) is 18.2. The lowest BCUT2D eigenvalue weighted by Crippen LogP contribution is -2.48. The van der Waals surface area contributed by atoms with Crippen molar-refractivity contribution in [2.75, 3.05) is 36.8 Å². The number of aromatic nitrogens is 1. The van der Waals surface area contributed by atoms with Crippen LogP contribution >= 0.6 is 0 Å². The van der Waals surface area contributed by atoms with Gasteiger partial charge in [0.15, 0.2) is 0 Å². The highest BCUT2D eigenvalue weighted by Crippen LogP contribution is 2.35. The van der Waals surface area contributed by atoms with Crippen molar-refractivity contribution in [2.45, 2.75) is 6.18 Å². The van der Waals surface area contributed by atoms with Crippen molar-refractivity contribution in [2.24, 2.45) is 0 Å². The molecule has 1 saturated heterocycles. The Bertz CT molecular complexity index is 987. The summed E-state index contributed by atoms with van der Waals surface area (Å²) in [6.07, 6.45) is -4.46. The summed E-state index contributed by atoms with van der Waals surface area (Å²) >= 11 is 0. The highest BCUT2D eigenvalue weighted by atomic mass is 19.4. The van der Waals surface area contributed by atoms with Crippen LogP contribution in [0.2, 0.25) is 0 Å². The predicted octanol–water partition coefficient (Wildman–Crippen LogP) is 3.73. The number of nitrogens with two attached hydrogens (primary N) is 1. The number of hydrogen-bond acceptors (Lipinski definition) is 3. The first-order chi connectivity index (χ1) is 13.3. The molecule has 0 atom stereocenters. The molecule has 2 heterocycles. The van der Waals surface area contributed by atoms with Gasteiger partial charge in [-0.3, -0.25) is 4.79 Å². The third kappa shape index (κ3) is 3.37. The van der Waals surface area contributed by atoms with Crippen molar-refractivity contribution in [1.29, 1.82) is 0 Å². The maximum Gasteiger partial charge on any atom is 0.418 e. The number of H-pyrrole nitrogens is 1. The Hall–Kier alpha value is -3.16. The van der Waals surface area contributed by atoms with Gasteiger partial charge in [-0.2, -0.15) is 13.2 Å². The summed E-state index contributed by atoms with van der Waals surface area (Å²) in [6.45, 7) is 2.01. The van der Waals surface area contributed by atoms with E-state index >= 15 is 0 Å². The molecule has 2 aromatic carbocycles. The van der Waals surface area contributed by atoms with E-state index in [1.54, 1.807) is 4.90 Å². The molecule has 1 amide bonds. The molecule has 0 spiro atoms. The number of piperazine rings is 1. The van der Waals surface area contributed by atoms with Crippen LogP contribution in [0.15, 0.2) is 48.5 Å². The van der Waals surface area contributed by atoms with Crippen molar-refractivity contribution in [3.63, 3.8) is 0 Å². The molecule has 0 aliphatic carbocycles. The Morgan fingerprint density at radius 3 is 2.36 bits per heavy atom. The maximum atomic E-state index is 12.9. The zero-order valence-electron chi connectivity index (χ0n) is 15.0. The molecule has 1 aliphatic rings. The number of aromatic amines is 1. The van der Waals surface area contributed by atoms with Crippen LogP contribution < -0.4 is 10.6 Å². The monoisotopic (exact) mass is 388 g/mol. The lowest BCUT2D eigenvalue weighted by Gasteiger charge is -2.36. The molecular weight excluding hydrogens is 369 g/mol.